The standard InChI is InChI=1S/C31H35F3O2/c1-3-4-5-18-35-28-16-14-25(19-27(28)32)23-12-8-22(9-13-23)20-36-29-17-15-26(30(33)31(29)34)24-10-6-21(2)7-11-24/h8-9,12-17,19,21,24H,3-7,10-11,18,20H2,1-2H3. The van der Waals surface area contributed by atoms with E-state index in [1.54, 1.807) is 12.1 Å². The van der Waals surface area contributed by atoms with Gasteiger partial charge in [0.1, 0.15) is 6.61 Å². The molecule has 0 radical (unpaired) electrons. The average Bonchev–Trinajstić information content (AvgIpc) is 2.89. The summed E-state index contributed by atoms with van der Waals surface area (Å²) in [6.07, 6.45) is 6.92. The van der Waals surface area contributed by atoms with Crippen molar-refractivity contribution < 1.29 is 22.6 Å². The number of ether oxygens (including phenoxy) is 2. The number of hydrogen-bond donors (Lipinski definition) is 0. The van der Waals surface area contributed by atoms with Gasteiger partial charge < -0.3 is 9.47 Å². The fourth-order valence-electron chi connectivity index (χ4n) is 4.83. The first-order valence-electron chi connectivity index (χ1n) is 13.1. The van der Waals surface area contributed by atoms with Crippen LogP contribution < -0.4 is 9.47 Å². The van der Waals surface area contributed by atoms with Crippen molar-refractivity contribution in [1.82, 2.24) is 0 Å². The Hall–Kier alpha value is -2.95. The zero-order valence-corrected chi connectivity index (χ0v) is 21.2. The monoisotopic (exact) mass is 496 g/mol. The summed E-state index contributed by atoms with van der Waals surface area (Å²) in [5.74, 6) is -1.20. The highest BCUT2D eigenvalue weighted by Crippen LogP contribution is 2.38. The fourth-order valence-corrected chi connectivity index (χ4v) is 4.83. The van der Waals surface area contributed by atoms with Crippen molar-refractivity contribution in [3.05, 3.63) is 83.2 Å². The van der Waals surface area contributed by atoms with Gasteiger partial charge in [0.25, 0.3) is 0 Å². The molecule has 1 aliphatic rings. The van der Waals surface area contributed by atoms with Gasteiger partial charge in [-0.2, -0.15) is 4.39 Å². The first-order valence-corrected chi connectivity index (χ1v) is 13.1. The lowest BCUT2D eigenvalue weighted by Gasteiger charge is -2.27. The summed E-state index contributed by atoms with van der Waals surface area (Å²) in [4.78, 5) is 0. The van der Waals surface area contributed by atoms with Gasteiger partial charge in [0.2, 0.25) is 5.82 Å². The van der Waals surface area contributed by atoms with E-state index in [0.717, 1.165) is 61.6 Å². The molecule has 0 aromatic heterocycles. The molecule has 2 nitrogen and oxygen atoms in total. The van der Waals surface area contributed by atoms with Crippen molar-refractivity contribution in [2.45, 2.75) is 71.3 Å². The average molecular weight is 497 g/mol. The third-order valence-electron chi connectivity index (χ3n) is 7.15. The first kappa shape index (κ1) is 26.1. The summed E-state index contributed by atoms with van der Waals surface area (Å²) in [6.45, 7) is 4.93. The van der Waals surface area contributed by atoms with Gasteiger partial charge in [-0.25, -0.2) is 8.78 Å². The maximum atomic E-state index is 14.8. The van der Waals surface area contributed by atoms with Gasteiger partial charge in [0.05, 0.1) is 6.61 Å². The molecule has 0 heterocycles. The molecule has 36 heavy (non-hydrogen) atoms. The second-order valence-electron chi connectivity index (χ2n) is 9.92. The molecular weight excluding hydrogens is 461 g/mol. The van der Waals surface area contributed by atoms with Gasteiger partial charge >= 0.3 is 0 Å². The second-order valence-corrected chi connectivity index (χ2v) is 9.92. The van der Waals surface area contributed by atoms with E-state index in [4.69, 9.17) is 9.47 Å². The quantitative estimate of drug-likeness (QED) is 0.261. The third-order valence-corrected chi connectivity index (χ3v) is 7.15. The summed E-state index contributed by atoms with van der Waals surface area (Å²) in [6, 6.07) is 15.6. The molecule has 0 saturated heterocycles. The fraction of sp³-hybridized carbons (Fsp3) is 0.419. The van der Waals surface area contributed by atoms with Crippen LogP contribution in [0.3, 0.4) is 0 Å². The molecular formula is C31H35F3O2. The molecule has 0 atom stereocenters. The minimum atomic E-state index is -0.921. The summed E-state index contributed by atoms with van der Waals surface area (Å²) < 4.78 is 55.1. The van der Waals surface area contributed by atoms with Gasteiger partial charge in [0, 0.05) is 0 Å². The molecule has 0 aliphatic heterocycles. The topological polar surface area (TPSA) is 18.5 Å². The SMILES string of the molecule is CCCCCOc1ccc(-c2ccc(COc3ccc(C4CCC(C)CC4)c(F)c3F)cc2)cc1F. The van der Waals surface area contributed by atoms with Gasteiger partial charge in [-0.1, -0.05) is 75.9 Å². The van der Waals surface area contributed by atoms with E-state index in [0.29, 0.717) is 18.1 Å². The molecule has 5 heteroatoms. The van der Waals surface area contributed by atoms with E-state index >= 15 is 0 Å². The maximum Gasteiger partial charge on any atom is 0.200 e. The van der Waals surface area contributed by atoms with Crippen molar-refractivity contribution in [1.29, 1.82) is 0 Å². The molecule has 3 aromatic carbocycles. The van der Waals surface area contributed by atoms with Crippen LogP contribution in [-0.2, 0) is 6.61 Å². The Labute approximate surface area is 212 Å². The van der Waals surface area contributed by atoms with Crippen LogP contribution in [0.2, 0.25) is 0 Å². The minimum absolute atomic E-state index is 0.0730. The molecule has 0 spiro atoms. The Morgan fingerprint density at radius 2 is 1.44 bits per heavy atom. The zero-order valence-electron chi connectivity index (χ0n) is 21.2. The molecule has 1 saturated carbocycles. The van der Waals surface area contributed by atoms with E-state index in [-0.39, 0.29) is 29.8 Å². The van der Waals surface area contributed by atoms with E-state index < -0.39 is 11.6 Å². The van der Waals surface area contributed by atoms with Crippen LogP contribution in [-0.4, -0.2) is 6.61 Å². The first-order chi connectivity index (χ1) is 17.5. The van der Waals surface area contributed by atoms with Crippen molar-refractivity contribution in [3.8, 4) is 22.6 Å². The largest absolute Gasteiger partial charge is 0.491 e. The van der Waals surface area contributed by atoms with Crippen molar-refractivity contribution >= 4 is 0 Å². The van der Waals surface area contributed by atoms with Crippen LogP contribution >= 0.6 is 0 Å². The number of halogens is 3. The van der Waals surface area contributed by atoms with Crippen LogP contribution in [0, 0.1) is 23.4 Å². The van der Waals surface area contributed by atoms with Crippen LogP contribution in [0.1, 0.15) is 75.8 Å². The number of hydrogen-bond acceptors (Lipinski definition) is 2. The Bertz CT molecular complexity index is 1140. The van der Waals surface area contributed by atoms with Gasteiger partial charge in [-0.15, -0.1) is 0 Å². The lowest BCUT2D eigenvalue weighted by Crippen LogP contribution is -2.13. The lowest BCUT2D eigenvalue weighted by atomic mass is 9.79. The van der Waals surface area contributed by atoms with Crippen molar-refractivity contribution in [2.24, 2.45) is 5.92 Å². The summed E-state index contributed by atoms with van der Waals surface area (Å²) in [5, 5.41) is 0. The molecule has 1 aliphatic carbocycles. The highest BCUT2D eigenvalue weighted by atomic mass is 19.2. The predicted octanol–water partition coefficient (Wildman–Crippen LogP) is 9.21. The van der Waals surface area contributed by atoms with E-state index in [1.807, 2.05) is 30.3 Å². The molecule has 3 aromatic rings. The van der Waals surface area contributed by atoms with Gasteiger partial charge in [-0.3, -0.25) is 0 Å². The smallest absolute Gasteiger partial charge is 0.200 e. The Kier molecular flexibility index (Phi) is 8.95. The molecule has 0 N–H and O–H groups in total. The Balaban J connectivity index is 1.36. The predicted molar refractivity (Wildman–Crippen MR) is 138 cm³/mol. The molecule has 1 fully saturated rings. The molecule has 192 valence electrons. The highest BCUT2D eigenvalue weighted by Gasteiger charge is 2.25. The lowest BCUT2D eigenvalue weighted by molar-refractivity contribution is 0.282. The molecule has 0 unspecified atom stereocenters. The highest BCUT2D eigenvalue weighted by molar-refractivity contribution is 5.64. The Morgan fingerprint density at radius 3 is 2.14 bits per heavy atom. The van der Waals surface area contributed by atoms with Crippen LogP contribution in [0.5, 0.6) is 11.5 Å². The van der Waals surface area contributed by atoms with Crippen molar-refractivity contribution in [3.63, 3.8) is 0 Å². The third kappa shape index (κ3) is 6.43. The molecule has 0 amide bonds. The molecule has 4 rings (SSSR count). The number of unbranched alkanes of at least 4 members (excludes halogenated alkanes) is 2. The zero-order chi connectivity index (χ0) is 25.5. The van der Waals surface area contributed by atoms with Crippen LogP contribution in [0.4, 0.5) is 13.2 Å². The van der Waals surface area contributed by atoms with Gasteiger partial charge in [0.15, 0.2) is 23.1 Å². The normalized spacial score (nSPS) is 17.7. The molecule has 0 bridgehead atoms. The maximum absolute atomic E-state index is 14.8. The summed E-state index contributed by atoms with van der Waals surface area (Å²) >= 11 is 0. The Morgan fingerprint density at radius 1 is 0.750 bits per heavy atom. The van der Waals surface area contributed by atoms with Gasteiger partial charge in [-0.05, 0) is 71.6 Å². The second kappa shape index (κ2) is 12.3. The van der Waals surface area contributed by atoms with E-state index in [1.165, 1.54) is 12.1 Å². The van der Waals surface area contributed by atoms with Crippen molar-refractivity contribution in [2.75, 3.05) is 6.61 Å². The minimum Gasteiger partial charge on any atom is -0.491 e. The van der Waals surface area contributed by atoms with E-state index in [9.17, 15) is 13.2 Å². The van der Waals surface area contributed by atoms with Crippen LogP contribution in [0.15, 0.2) is 54.6 Å². The van der Waals surface area contributed by atoms with Crippen LogP contribution in [0.25, 0.3) is 11.1 Å². The number of benzene rings is 3. The van der Waals surface area contributed by atoms with E-state index in [2.05, 4.69) is 13.8 Å². The number of rotatable bonds is 10. The summed E-state index contributed by atoms with van der Waals surface area (Å²) in [7, 11) is 0. The summed E-state index contributed by atoms with van der Waals surface area (Å²) in [5.41, 5.74) is 2.85.